The summed E-state index contributed by atoms with van der Waals surface area (Å²) >= 11 is 3.74. The molecule has 0 atom stereocenters. The molecule has 3 heterocycles. The molecule has 102 valence electrons. The second kappa shape index (κ2) is 5.69. The van der Waals surface area contributed by atoms with Crippen LogP contribution in [0.1, 0.15) is 35.9 Å². The lowest BCUT2D eigenvalue weighted by Gasteiger charge is -2.08. The van der Waals surface area contributed by atoms with E-state index >= 15 is 0 Å². The van der Waals surface area contributed by atoms with Crippen molar-refractivity contribution in [3.8, 4) is 0 Å². The highest BCUT2D eigenvalue weighted by molar-refractivity contribution is 14.1. The Morgan fingerprint density at radius 1 is 1.25 bits per heavy atom. The number of rotatable bonds is 3. The first-order valence-corrected chi connectivity index (χ1v) is 8.20. The zero-order valence-electron chi connectivity index (χ0n) is 11.2. The molecule has 0 saturated heterocycles. The molecule has 3 aromatic heterocycles. The Morgan fingerprint density at radius 3 is 2.90 bits per heavy atom. The SMILES string of the molecule is CC(C)c1nnsc1Cc1cnc(I)c2ccncc12. The van der Waals surface area contributed by atoms with E-state index in [0.717, 1.165) is 26.6 Å². The molecule has 4 nitrogen and oxygen atoms in total. The van der Waals surface area contributed by atoms with E-state index in [1.165, 1.54) is 22.0 Å². The standard InChI is InChI=1S/C14H13IN4S/c1-8(2)13-12(20-19-18-13)5-9-6-17-14(15)10-3-4-16-7-11(9)10/h3-4,6-8H,5H2,1-2H3. The first kappa shape index (κ1) is 13.8. The minimum atomic E-state index is 0.393. The Morgan fingerprint density at radius 2 is 2.10 bits per heavy atom. The van der Waals surface area contributed by atoms with Crippen molar-refractivity contribution in [2.24, 2.45) is 0 Å². The van der Waals surface area contributed by atoms with Crippen molar-refractivity contribution in [1.82, 2.24) is 19.6 Å². The van der Waals surface area contributed by atoms with Crippen LogP contribution in [-0.4, -0.2) is 19.6 Å². The summed E-state index contributed by atoms with van der Waals surface area (Å²) in [7, 11) is 0. The summed E-state index contributed by atoms with van der Waals surface area (Å²) < 4.78 is 5.10. The summed E-state index contributed by atoms with van der Waals surface area (Å²) in [4.78, 5) is 9.94. The maximum atomic E-state index is 4.49. The molecule has 0 saturated carbocycles. The van der Waals surface area contributed by atoms with Gasteiger partial charge in [-0.05, 0) is 51.7 Å². The quantitative estimate of drug-likeness (QED) is 0.499. The molecule has 0 fully saturated rings. The van der Waals surface area contributed by atoms with E-state index in [-0.39, 0.29) is 0 Å². The van der Waals surface area contributed by atoms with Crippen LogP contribution < -0.4 is 0 Å². The van der Waals surface area contributed by atoms with Gasteiger partial charge in [-0.1, -0.05) is 18.3 Å². The van der Waals surface area contributed by atoms with Gasteiger partial charge in [0, 0.05) is 35.8 Å². The third-order valence-corrected chi connectivity index (χ3v) is 4.80. The summed E-state index contributed by atoms with van der Waals surface area (Å²) in [6, 6.07) is 2.02. The Kier molecular flexibility index (Phi) is 3.93. The van der Waals surface area contributed by atoms with E-state index in [2.05, 4.69) is 56.0 Å². The first-order chi connectivity index (χ1) is 9.66. The predicted molar refractivity (Wildman–Crippen MR) is 89.1 cm³/mol. The number of hydrogen-bond acceptors (Lipinski definition) is 5. The molecule has 0 aliphatic carbocycles. The van der Waals surface area contributed by atoms with Crippen LogP contribution in [0.2, 0.25) is 0 Å². The number of fused-ring (bicyclic) bond motifs is 1. The molecular formula is C14H13IN4S. The lowest BCUT2D eigenvalue weighted by molar-refractivity contribution is 0.800. The molecule has 6 heteroatoms. The normalized spacial score (nSPS) is 11.4. The van der Waals surface area contributed by atoms with Gasteiger partial charge in [0.2, 0.25) is 0 Å². The smallest absolute Gasteiger partial charge is 0.109 e. The van der Waals surface area contributed by atoms with E-state index < -0.39 is 0 Å². The van der Waals surface area contributed by atoms with Gasteiger partial charge in [0.15, 0.2) is 0 Å². The van der Waals surface area contributed by atoms with Crippen LogP contribution in [0.15, 0.2) is 24.7 Å². The average molecular weight is 396 g/mol. The van der Waals surface area contributed by atoms with Crippen molar-refractivity contribution in [1.29, 1.82) is 0 Å². The Bertz CT molecular complexity index is 754. The van der Waals surface area contributed by atoms with Crippen molar-refractivity contribution in [2.45, 2.75) is 26.2 Å². The lowest BCUT2D eigenvalue weighted by Crippen LogP contribution is -1.97. The highest BCUT2D eigenvalue weighted by Crippen LogP contribution is 2.27. The molecule has 0 aliphatic rings. The van der Waals surface area contributed by atoms with Crippen LogP contribution in [0.25, 0.3) is 10.8 Å². The van der Waals surface area contributed by atoms with E-state index in [1.807, 2.05) is 24.7 Å². The molecule has 3 aromatic rings. The summed E-state index contributed by atoms with van der Waals surface area (Å²) in [5.41, 5.74) is 2.27. The molecule has 0 aliphatic heterocycles. The summed E-state index contributed by atoms with van der Waals surface area (Å²) in [5, 5.41) is 6.56. The van der Waals surface area contributed by atoms with Crippen LogP contribution in [-0.2, 0) is 6.42 Å². The Labute approximate surface area is 135 Å². The molecule has 3 rings (SSSR count). The van der Waals surface area contributed by atoms with Crippen LogP contribution in [0.3, 0.4) is 0 Å². The fraction of sp³-hybridized carbons (Fsp3) is 0.286. The second-order valence-corrected chi connectivity index (χ2v) is 6.77. The first-order valence-electron chi connectivity index (χ1n) is 6.35. The number of nitrogens with zero attached hydrogens (tertiary/aromatic N) is 4. The summed E-state index contributed by atoms with van der Waals surface area (Å²) in [6.07, 6.45) is 6.48. The third kappa shape index (κ3) is 2.54. The Hall–Kier alpha value is -1.15. The molecule has 0 amide bonds. The van der Waals surface area contributed by atoms with Crippen molar-refractivity contribution in [2.75, 3.05) is 0 Å². The second-order valence-electron chi connectivity index (χ2n) is 4.91. The van der Waals surface area contributed by atoms with Gasteiger partial charge >= 0.3 is 0 Å². The lowest BCUT2D eigenvalue weighted by atomic mass is 10.0. The summed E-state index contributed by atoms with van der Waals surface area (Å²) in [6.45, 7) is 4.29. The molecule has 0 aromatic carbocycles. The molecule has 20 heavy (non-hydrogen) atoms. The zero-order valence-corrected chi connectivity index (χ0v) is 14.1. The molecular weight excluding hydrogens is 383 g/mol. The van der Waals surface area contributed by atoms with Gasteiger partial charge in [0.25, 0.3) is 0 Å². The molecule has 0 spiro atoms. The fourth-order valence-corrected chi connectivity index (χ4v) is 3.62. The molecule has 0 N–H and O–H groups in total. The highest BCUT2D eigenvalue weighted by atomic mass is 127. The van der Waals surface area contributed by atoms with Crippen molar-refractivity contribution < 1.29 is 0 Å². The maximum absolute atomic E-state index is 4.49. The van der Waals surface area contributed by atoms with Crippen LogP contribution in [0.5, 0.6) is 0 Å². The van der Waals surface area contributed by atoms with Gasteiger partial charge < -0.3 is 0 Å². The van der Waals surface area contributed by atoms with Crippen molar-refractivity contribution in [3.05, 3.63) is 44.5 Å². The largest absolute Gasteiger partial charge is 0.264 e. The fourth-order valence-electron chi connectivity index (χ4n) is 2.19. The molecule has 0 bridgehead atoms. The number of pyridine rings is 2. The monoisotopic (exact) mass is 396 g/mol. The van der Waals surface area contributed by atoms with Crippen molar-refractivity contribution >= 4 is 44.9 Å². The highest BCUT2D eigenvalue weighted by Gasteiger charge is 2.14. The average Bonchev–Trinajstić information content (AvgIpc) is 2.91. The van der Waals surface area contributed by atoms with Gasteiger partial charge in [-0.25, -0.2) is 4.98 Å². The van der Waals surface area contributed by atoms with E-state index in [0.29, 0.717) is 5.92 Å². The van der Waals surface area contributed by atoms with Gasteiger partial charge in [0.1, 0.15) is 3.70 Å². The zero-order chi connectivity index (χ0) is 14.1. The van der Waals surface area contributed by atoms with Gasteiger partial charge in [-0.2, -0.15) is 0 Å². The minimum absolute atomic E-state index is 0.393. The van der Waals surface area contributed by atoms with Crippen LogP contribution in [0.4, 0.5) is 0 Å². The van der Waals surface area contributed by atoms with E-state index in [9.17, 15) is 0 Å². The van der Waals surface area contributed by atoms with E-state index in [1.54, 1.807) is 0 Å². The Balaban J connectivity index is 2.07. The van der Waals surface area contributed by atoms with Gasteiger partial charge in [0.05, 0.1) is 10.6 Å². The van der Waals surface area contributed by atoms with Crippen molar-refractivity contribution in [3.63, 3.8) is 0 Å². The topological polar surface area (TPSA) is 51.6 Å². The molecule has 0 radical (unpaired) electrons. The number of halogens is 1. The predicted octanol–water partition coefficient (Wildman–Crippen LogP) is 3.80. The van der Waals surface area contributed by atoms with Crippen LogP contribution in [0, 0.1) is 3.70 Å². The summed E-state index contributed by atoms with van der Waals surface area (Å²) in [5.74, 6) is 0.393. The number of aromatic nitrogens is 4. The minimum Gasteiger partial charge on any atom is -0.264 e. The number of hydrogen-bond donors (Lipinski definition) is 0. The van der Waals surface area contributed by atoms with Gasteiger partial charge in [-0.3, -0.25) is 4.98 Å². The molecule has 0 unspecified atom stereocenters. The maximum Gasteiger partial charge on any atom is 0.109 e. The van der Waals surface area contributed by atoms with Gasteiger partial charge in [-0.15, -0.1) is 5.10 Å². The van der Waals surface area contributed by atoms with Crippen LogP contribution >= 0.6 is 34.1 Å². The third-order valence-electron chi connectivity index (χ3n) is 3.21. The van der Waals surface area contributed by atoms with E-state index in [4.69, 9.17) is 0 Å².